The smallest absolute Gasteiger partial charge is 0.404 e. The van der Waals surface area contributed by atoms with E-state index >= 15 is 0 Å². The molecule has 144 valence electrons. The molecule has 0 fully saturated rings. The van der Waals surface area contributed by atoms with Gasteiger partial charge in [-0.15, -0.1) is 38.7 Å². The minimum Gasteiger partial charge on any atom is -0.404 e. The van der Waals surface area contributed by atoms with Crippen LogP contribution < -0.4 is 15.2 Å². The van der Waals surface area contributed by atoms with E-state index in [1.54, 1.807) is 0 Å². The summed E-state index contributed by atoms with van der Waals surface area (Å²) in [5.74, 6) is -1.14. The second kappa shape index (κ2) is 8.19. The van der Waals surface area contributed by atoms with Crippen molar-refractivity contribution < 1.29 is 35.8 Å². The van der Waals surface area contributed by atoms with Crippen LogP contribution in [0.25, 0.3) is 0 Å². The van der Waals surface area contributed by atoms with Gasteiger partial charge in [0.05, 0.1) is 23.0 Å². The van der Waals surface area contributed by atoms with Gasteiger partial charge in [0, 0.05) is 0 Å². The zero-order chi connectivity index (χ0) is 18.8. The first-order valence-corrected chi connectivity index (χ1v) is 6.85. The summed E-state index contributed by atoms with van der Waals surface area (Å²) in [6.07, 6.45) is -8.93. The molecule has 1 aromatic heterocycles. The molecule has 0 bridgehead atoms. The number of rotatable bonds is 4. The van der Waals surface area contributed by atoms with Crippen LogP contribution in [0.4, 0.5) is 26.3 Å². The van der Waals surface area contributed by atoms with E-state index in [0.717, 1.165) is 24.4 Å². The number of nitrogens with two attached hydrogens (primary N) is 1. The van der Waals surface area contributed by atoms with Crippen LogP contribution >= 0.6 is 24.0 Å². The Bertz CT molecular complexity index is 738. The summed E-state index contributed by atoms with van der Waals surface area (Å²) >= 11 is 5.72. The number of hydrogen-bond acceptors (Lipinski definition) is 4. The zero-order valence-electron chi connectivity index (χ0n) is 12.4. The van der Waals surface area contributed by atoms with E-state index < -0.39 is 30.3 Å². The van der Waals surface area contributed by atoms with Gasteiger partial charge >= 0.3 is 12.7 Å². The maximum atomic E-state index is 12.2. The molecule has 2 rings (SSSR count). The van der Waals surface area contributed by atoms with E-state index in [1.807, 2.05) is 0 Å². The van der Waals surface area contributed by atoms with Crippen LogP contribution in [-0.2, 0) is 0 Å². The molecule has 0 spiro atoms. The van der Waals surface area contributed by atoms with Gasteiger partial charge in [0.25, 0.3) is 0 Å². The highest BCUT2D eigenvalue weighted by atomic mass is 35.5. The van der Waals surface area contributed by atoms with E-state index in [0.29, 0.717) is 0 Å². The molecule has 0 saturated carbocycles. The number of aromatic nitrogens is 1. The molecule has 0 aliphatic heterocycles. The number of alkyl halides is 6. The lowest BCUT2D eigenvalue weighted by atomic mass is 10.0. The first-order valence-electron chi connectivity index (χ1n) is 6.47. The standard InChI is InChI=1S/C14H9ClF6N2O2.ClH/c15-9-5-7(1-4-11(9)25-14(19,20)21)12(22)10-3-2-8(6-23-10)24-13(16,17)18;/h1-6,12H,22H2;1H. The molecule has 1 aromatic carbocycles. The minimum atomic E-state index is -4.90. The van der Waals surface area contributed by atoms with E-state index in [9.17, 15) is 26.3 Å². The average molecular weight is 423 g/mol. The van der Waals surface area contributed by atoms with Crippen molar-refractivity contribution >= 4 is 24.0 Å². The Morgan fingerprint density at radius 3 is 2.04 bits per heavy atom. The van der Waals surface area contributed by atoms with Gasteiger partial charge in [0.1, 0.15) is 11.5 Å². The first-order chi connectivity index (χ1) is 11.4. The number of halogens is 8. The number of benzene rings is 1. The molecular formula is C14H10Cl2F6N2O2. The molecular weight excluding hydrogens is 413 g/mol. The monoisotopic (exact) mass is 422 g/mol. The molecule has 0 amide bonds. The van der Waals surface area contributed by atoms with Gasteiger partial charge in [-0.1, -0.05) is 17.7 Å². The largest absolute Gasteiger partial charge is 0.573 e. The lowest BCUT2D eigenvalue weighted by molar-refractivity contribution is -0.275. The molecule has 2 N–H and O–H groups in total. The van der Waals surface area contributed by atoms with Crippen molar-refractivity contribution in [3.63, 3.8) is 0 Å². The highest BCUT2D eigenvalue weighted by Gasteiger charge is 2.32. The van der Waals surface area contributed by atoms with Crippen LogP contribution in [0.1, 0.15) is 17.3 Å². The Kier molecular flexibility index (Phi) is 6.97. The molecule has 4 nitrogen and oxygen atoms in total. The molecule has 1 unspecified atom stereocenters. The van der Waals surface area contributed by atoms with Crippen molar-refractivity contribution in [1.29, 1.82) is 0 Å². The maximum absolute atomic E-state index is 12.2. The summed E-state index contributed by atoms with van der Waals surface area (Å²) in [5.41, 5.74) is 6.34. The Labute approximate surface area is 154 Å². The van der Waals surface area contributed by atoms with Crippen molar-refractivity contribution in [3.05, 3.63) is 52.8 Å². The molecule has 26 heavy (non-hydrogen) atoms. The van der Waals surface area contributed by atoms with Gasteiger partial charge in [-0.2, -0.15) is 0 Å². The fourth-order valence-electron chi connectivity index (χ4n) is 1.86. The Balaban J connectivity index is 0.00000338. The normalized spacial score (nSPS) is 12.9. The Morgan fingerprint density at radius 2 is 1.58 bits per heavy atom. The zero-order valence-corrected chi connectivity index (χ0v) is 14.0. The quantitative estimate of drug-likeness (QED) is 0.704. The molecule has 0 radical (unpaired) electrons. The molecule has 0 aliphatic carbocycles. The lowest BCUT2D eigenvalue weighted by Gasteiger charge is -2.15. The number of ether oxygens (including phenoxy) is 2. The van der Waals surface area contributed by atoms with Crippen LogP contribution in [0.2, 0.25) is 5.02 Å². The maximum Gasteiger partial charge on any atom is 0.573 e. The van der Waals surface area contributed by atoms with E-state index in [4.69, 9.17) is 17.3 Å². The van der Waals surface area contributed by atoms with E-state index in [1.165, 1.54) is 12.1 Å². The summed E-state index contributed by atoms with van der Waals surface area (Å²) in [7, 11) is 0. The van der Waals surface area contributed by atoms with Crippen LogP contribution in [-0.4, -0.2) is 17.7 Å². The second-order valence-corrected chi connectivity index (χ2v) is 5.09. The summed E-state index contributed by atoms with van der Waals surface area (Å²) in [6, 6.07) is 4.64. The molecule has 2 aromatic rings. The third-order valence-electron chi connectivity index (χ3n) is 2.85. The van der Waals surface area contributed by atoms with Crippen LogP contribution in [0, 0.1) is 0 Å². The van der Waals surface area contributed by atoms with Gasteiger partial charge in [-0.05, 0) is 29.8 Å². The average Bonchev–Trinajstić information content (AvgIpc) is 2.46. The van der Waals surface area contributed by atoms with Crippen molar-refractivity contribution in [2.75, 3.05) is 0 Å². The number of hydrogen-bond donors (Lipinski definition) is 1. The molecule has 0 saturated heterocycles. The summed E-state index contributed by atoms with van der Waals surface area (Å²) in [4.78, 5) is 3.75. The highest BCUT2D eigenvalue weighted by molar-refractivity contribution is 6.32. The number of pyridine rings is 1. The van der Waals surface area contributed by atoms with Crippen LogP contribution in [0.3, 0.4) is 0 Å². The van der Waals surface area contributed by atoms with Crippen molar-refractivity contribution in [2.24, 2.45) is 5.73 Å². The highest BCUT2D eigenvalue weighted by Crippen LogP contribution is 2.33. The van der Waals surface area contributed by atoms with Crippen molar-refractivity contribution in [2.45, 2.75) is 18.8 Å². The van der Waals surface area contributed by atoms with Gasteiger partial charge < -0.3 is 15.2 Å². The van der Waals surface area contributed by atoms with E-state index in [2.05, 4.69) is 14.5 Å². The van der Waals surface area contributed by atoms with Crippen molar-refractivity contribution in [3.8, 4) is 11.5 Å². The molecule has 0 aliphatic rings. The summed E-state index contributed by atoms with van der Waals surface area (Å²) in [5, 5.41) is -0.331. The van der Waals surface area contributed by atoms with Gasteiger partial charge in [0.2, 0.25) is 0 Å². The fraction of sp³-hybridized carbons (Fsp3) is 0.214. The predicted octanol–water partition coefficient (Wildman–Crippen LogP) is 5.00. The molecule has 1 atom stereocenters. The SMILES string of the molecule is Cl.NC(c1ccc(OC(F)(F)F)c(Cl)c1)c1ccc(OC(F)(F)F)cn1. The van der Waals surface area contributed by atoms with E-state index in [-0.39, 0.29) is 28.7 Å². The second-order valence-electron chi connectivity index (χ2n) is 4.68. The Hall–Kier alpha value is -1.91. The summed E-state index contributed by atoms with van der Waals surface area (Å²) < 4.78 is 80.2. The Morgan fingerprint density at radius 1 is 0.962 bits per heavy atom. The minimum absolute atomic E-state index is 0. The predicted molar refractivity (Wildman–Crippen MR) is 82.3 cm³/mol. The lowest BCUT2D eigenvalue weighted by Crippen LogP contribution is -2.18. The topological polar surface area (TPSA) is 57.4 Å². The van der Waals surface area contributed by atoms with Crippen LogP contribution in [0.5, 0.6) is 11.5 Å². The van der Waals surface area contributed by atoms with Crippen molar-refractivity contribution in [1.82, 2.24) is 4.98 Å². The first kappa shape index (κ1) is 22.1. The van der Waals surface area contributed by atoms with Crippen LogP contribution in [0.15, 0.2) is 36.5 Å². The third-order valence-corrected chi connectivity index (χ3v) is 3.15. The molecule has 12 heteroatoms. The summed E-state index contributed by atoms with van der Waals surface area (Å²) in [6.45, 7) is 0. The van der Waals surface area contributed by atoms with Gasteiger partial charge in [-0.25, -0.2) is 0 Å². The fourth-order valence-corrected chi connectivity index (χ4v) is 2.09. The van der Waals surface area contributed by atoms with Gasteiger partial charge in [-0.3, -0.25) is 4.98 Å². The number of nitrogens with zero attached hydrogens (tertiary/aromatic N) is 1. The third kappa shape index (κ3) is 6.43. The van der Waals surface area contributed by atoms with Gasteiger partial charge in [0.15, 0.2) is 0 Å². The molecule has 1 heterocycles.